The van der Waals surface area contributed by atoms with E-state index in [0.29, 0.717) is 18.9 Å². The molecule has 6 nitrogen and oxygen atoms in total. The molecule has 4 heterocycles. The van der Waals surface area contributed by atoms with Gasteiger partial charge in [-0.2, -0.15) is 4.62 Å². The van der Waals surface area contributed by atoms with E-state index in [1.807, 2.05) is 48.5 Å². The minimum atomic E-state index is -3.36. The smallest absolute Gasteiger partial charge is 0.489 e. The molecule has 3 saturated heterocycles. The molecule has 0 N–H and O–H groups in total. The lowest BCUT2D eigenvalue weighted by molar-refractivity contribution is -0.293. The molecule has 0 unspecified atom stereocenters. The van der Waals surface area contributed by atoms with Gasteiger partial charge in [0.2, 0.25) is 0 Å². The summed E-state index contributed by atoms with van der Waals surface area (Å²) in [7, 11) is -3.36. The third-order valence-electron chi connectivity index (χ3n) is 4.25. The van der Waals surface area contributed by atoms with Crippen LogP contribution < -0.4 is 4.74 Å². The van der Waals surface area contributed by atoms with E-state index in [4.69, 9.17) is 18.4 Å². The molecule has 0 saturated carbocycles. The zero-order chi connectivity index (χ0) is 15.5. The molecule has 0 radical (unpaired) electrons. The second kappa shape index (κ2) is 4.66. The molecule has 0 aliphatic carbocycles. The van der Waals surface area contributed by atoms with Gasteiger partial charge in [0, 0.05) is 12.1 Å². The molecular formula is C16H14NO5P. The molecule has 7 heteroatoms. The normalized spacial score (nSPS) is 31.1. The van der Waals surface area contributed by atoms with Crippen molar-refractivity contribution in [2.24, 2.45) is 0 Å². The highest BCUT2D eigenvalue weighted by atomic mass is 31.2. The first-order valence-electron chi connectivity index (χ1n) is 7.46. The van der Waals surface area contributed by atoms with Gasteiger partial charge in [-0.05, 0) is 29.7 Å². The maximum absolute atomic E-state index is 11.9. The maximum Gasteiger partial charge on any atom is 0.499 e. The number of ether oxygens (including phenoxy) is 1. The molecule has 4 aliphatic heterocycles. The third kappa shape index (κ3) is 2.00. The van der Waals surface area contributed by atoms with Crippen LogP contribution in [0.15, 0.2) is 48.5 Å². The van der Waals surface area contributed by atoms with Crippen LogP contribution in [-0.2, 0) is 37.2 Å². The minimum absolute atomic E-state index is 0.479. The summed E-state index contributed by atoms with van der Waals surface area (Å²) in [5.74, 6) is -0.445. The molecule has 3 fully saturated rings. The predicted octanol–water partition coefficient (Wildman–Crippen LogP) is 3.33. The highest BCUT2D eigenvalue weighted by molar-refractivity contribution is 7.50. The number of nitrogens with zero attached hydrogens (tertiary/aromatic N) is 1. The molecule has 0 amide bonds. The van der Waals surface area contributed by atoms with Crippen molar-refractivity contribution in [3.63, 3.8) is 0 Å². The Morgan fingerprint density at radius 3 is 2.83 bits per heavy atom. The molecule has 1 spiro atoms. The Labute approximate surface area is 133 Å². The number of phosphoric ester groups is 1. The monoisotopic (exact) mass is 331 g/mol. The largest absolute Gasteiger partial charge is 0.499 e. The van der Waals surface area contributed by atoms with Crippen molar-refractivity contribution in [3.8, 4) is 5.75 Å². The van der Waals surface area contributed by atoms with E-state index in [1.165, 1.54) is 5.06 Å². The van der Waals surface area contributed by atoms with Gasteiger partial charge in [-0.25, -0.2) is 13.6 Å². The molecule has 2 aromatic carbocycles. The summed E-state index contributed by atoms with van der Waals surface area (Å²) in [5.41, 5.74) is 2.98. The van der Waals surface area contributed by atoms with Gasteiger partial charge < -0.3 is 4.74 Å². The van der Waals surface area contributed by atoms with Gasteiger partial charge in [-0.1, -0.05) is 36.4 Å². The van der Waals surface area contributed by atoms with Crippen molar-refractivity contribution < 1.29 is 23.0 Å². The number of rotatable bonds is 3. The van der Waals surface area contributed by atoms with Gasteiger partial charge in [-0.3, -0.25) is 0 Å². The fourth-order valence-electron chi connectivity index (χ4n) is 3.15. The number of hydrogen-bond acceptors (Lipinski definition) is 6. The highest BCUT2D eigenvalue weighted by Gasteiger charge is 2.73. The first-order chi connectivity index (χ1) is 11.2. The number of phosphoric acid groups is 1. The summed E-state index contributed by atoms with van der Waals surface area (Å²) in [6.07, 6.45) is 0.781. The summed E-state index contributed by atoms with van der Waals surface area (Å²) in [6.45, 7) is 1.06. The Hall–Kier alpha value is -1.69. The fraction of sp³-hybridized carbons (Fsp3) is 0.250. The molecule has 0 aromatic heterocycles. The van der Waals surface area contributed by atoms with Gasteiger partial charge in [0.05, 0.1) is 0 Å². The van der Waals surface area contributed by atoms with Crippen LogP contribution in [0.25, 0.3) is 0 Å². The summed E-state index contributed by atoms with van der Waals surface area (Å²) >= 11 is 0. The van der Waals surface area contributed by atoms with Crippen LogP contribution in [0.2, 0.25) is 0 Å². The SMILES string of the molecule is O=P12ON3CCc4ccc(OCc5ccccc5)cc4C3(O1)O2. The molecule has 23 heavy (non-hydrogen) atoms. The van der Waals surface area contributed by atoms with Gasteiger partial charge in [-0.15, -0.1) is 5.06 Å². The summed E-state index contributed by atoms with van der Waals surface area (Å²) < 4.78 is 33.9. The van der Waals surface area contributed by atoms with E-state index in [0.717, 1.165) is 23.1 Å². The third-order valence-corrected chi connectivity index (χ3v) is 5.59. The van der Waals surface area contributed by atoms with E-state index in [-0.39, 0.29) is 0 Å². The molecular weight excluding hydrogens is 317 g/mol. The number of fused-ring (bicyclic) bond motifs is 1. The fourth-order valence-corrected chi connectivity index (χ4v) is 4.65. The van der Waals surface area contributed by atoms with Crippen LogP contribution >= 0.6 is 7.82 Å². The van der Waals surface area contributed by atoms with E-state index >= 15 is 0 Å². The van der Waals surface area contributed by atoms with Crippen molar-refractivity contribution in [1.82, 2.24) is 5.06 Å². The van der Waals surface area contributed by atoms with Gasteiger partial charge in [0.1, 0.15) is 12.4 Å². The summed E-state index contributed by atoms with van der Waals surface area (Å²) in [5, 5.41) is 1.52. The Morgan fingerprint density at radius 2 is 2.00 bits per heavy atom. The second-order valence-electron chi connectivity index (χ2n) is 5.74. The van der Waals surface area contributed by atoms with Gasteiger partial charge >= 0.3 is 7.82 Å². The Kier molecular flexibility index (Phi) is 2.78. The lowest BCUT2D eigenvalue weighted by atomic mass is 9.97. The number of benzene rings is 2. The van der Waals surface area contributed by atoms with Crippen molar-refractivity contribution in [3.05, 3.63) is 65.2 Å². The average molecular weight is 331 g/mol. The minimum Gasteiger partial charge on any atom is -0.489 e. The van der Waals surface area contributed by atoms with Crippen molar-refractivity contribution in [1.29, 1.82) is 0 Å². The Morgan fingerprint density at radius 1 is 1.17 bits per heavy atom. The van der Waals surface area contributed by atoms with Crippen LogP contribution in [0.4, 0.5) is 0 Å². The van der Waals surface area contributed by atoms with Crippen LogP contribution in [0, 0.1) is 0 Å². The Bertz CT molecular complexity index is 814. The van der Waals surface area contributed by atoms with Crippen LogP contribution in [0.1, 0.15) is 16.7 Å². The summed E-state index contributed by atoms with van der Waals surface area (Å²) in [6, 6.07) is 15.8. The van der Waals surface area contributed by atoms with Gasteiger partial charge in [0.15, 0.2) is 0 Å². The average Bonchev–Trinajstić information content (AvgIpc) is 3.02. The number of hydrogen-bond donors (Lipinski definition) is 0. The zero-order valence-electron chi connectivity index (χ0n) is 12.2. The molecule has 118 valence electrons. The molecule has 6 rings (SSSR count). The van der Waals surface area contributed by atoms with E-state index in [9.17, 15) is 4.57 Å². The van der Waals surface area contributed by atoms with Crippen molar-refractivity contribution >= 4 is 7.82 Å². The first-order valence-corrected chi connectivity index (χ1v) is 8.92. The zero-order valence-corrected chi connectivity index (χ0v) is 13.1. The molecule has 4 aliphatic rings. The lowest BCUT2D eigenvalue weighted by Crippen LogP contribution is -2.48. The second-order valence-corrected chi connectivity index (χ2v) is 7.16. The van der Waals surface area contributed by atoms with E-state index < -0.39 is 13.7 Å². The standard InChI is InChI=1S/C16H14NO5P/c18-23-20-16(21-23)15-10-14(19-11-12-4-2-1-3-5-12)7-6-13(15)8-9-17(16)22-23/h1-7,10H,8-9,11H2. The maximum atomic E-state index is 11.9. The first kappa shape index (κ1) is 13.7. The Balaban J connectivity index is 1.44. The van der Waals surface area contributed by atoms with Crippen molar-refractivity contribution in [2.45, 2.75) is 18.9 Å². The van der Waals surface area contributed by atoms with Crippen LogP contribution in [-0.4, -0.2) is 11.6 Å². The topological polar surface area (TPSA) is 57.2 Å². The molecule has 2 aromatic rings. The van der Waals surface area contributed by atoms with Crippen LogP contribution in [0.5, 0.6) is 5.75 Å². The van der Waals surface area contributed by atoms with E-state index in [1.54, 1.807) is 0 Å². The quantitative estimate of drug-likeness (QED) is 0.804. The number of hydroxylamine groups is 2. The lowest BCUT2D eigenvalue weighted by Gasteiger charge is -2.39. The molecule has 0 atom stereocenters. The van der Waals surface area contributed by atoms with E-state index in [2.05, 4.69) is 0 Å². The summed E-state index contributed by atoms with van der Waals surface area (Å²) in [4.78, 5) is 0. The van der Waals surface area contributed by atoms with Crippen LogP contribution in [0.3, 0.4) is 0 Å². The molecule has 2 bridgehead atoms. The highest BCUT2D eigenvalue weighted by Crippen LogP contribution is 2.77. The van der Waals surface area contributed by atoms with Crippen molar-refractivity contribution in [2.75, 3.05) is 6.54 Å². The predicted molar refractivity (Wildman–Crippen MR) is 80.2 cm³/mol. The van der Waals surface area contributed by atoms with Gasteiger partial charge in [0.25, 0.3) is 5.91 Å².